The van der Waals surface area contributed by atoms with Gasteiger partial charge in [-0.3, -0.25) is 9.48 Å². The molecule has 0 saturated carbocycles. The predicted octanol–water partition coefficient (Wildman–Crippen LogP) is 2.42. The lowest BCUT2D eigenvalue weighted by atomic mass is 10.3. The van der Waals surface area contributed by atoms with Crippen molar-refractivity contribution in [2.45, 2.75) is 12.7 Å². The standard InChI is InChI=1S/C13H10F3N5O2S/c1-17-11(22)8-4-5-18-21(8)6-7-2-3-9(24-7)10-19-12(23-20-10)13(14,15)16/h2-5H,6H2,1H3,(H,17,22). The van der Waals surface area contributed by atoms with Crippen molar-refractivity contribution >= 4 is 17.2 Å². The quantitative estimate of drug-likeness (QED) is 0.775. The van der Waals surface area contributed by atoms with Gasteiger partial charge in [0.15, 0.2) is 0 Å². The molecular weight excluding hydrogens is 347 g/mol. The van der Waals surface area contributed by atoms with Crippen LogP contribution in [-0.2, 0) is 12.7 Å². The van der Waals surface area contributed by atoms with Gasteiger partial charge in [-0.2, -0.15) is 23.3 Å². The number of halogens is 3. The van der Waals surface area contributed by atoms with Gasteiger partial charge in [0.1, 0.15) is 5.69 Å². The lowest BCUT2D eigenvalue weighted by Gasteiger charge is -2.04. The van der Waals surface area contributed by atoms with Gasteiger partial charge in [-0.1, -0.05) is 5.16 Å². The van der Waals surface area contributed by atoms with E-state index in [2.05, 4.69) is 25.1 Å². The van der Waals surface area contributed by atoms with Gasteiger partial charge in [-0.25, -0.2) is 0 Å². The van der Waals surface area contributed by atoms with Crippen LogP contribution in [0.15, 0.2) is 28.9 Å². The zero-order chi connectivity index (χ0) is 17.3. The molecule has 126 valence electrons. The van der Waals surface area contributed by atoms with Crippen molar-refractivity contribution in [3.63, 3.8) is 0 Å². The number of carbonyl (C=O) groups is 1. The smallest absolute Gasteiger partial charge is 0.354 e. The Bertz CT molecular complexity index is 867. The maximum absolute atomic E-state index is 12.5. The summed E-state index contributed by atoms with van der Waals surface area (Å²) in [7, 11) is 1.51. The molecule has 3 aromatic heterocycles. The molecule has 11 heteroatoms. The first-order valence-corrected chi connectivity index (χ1v) is 7.44. The Kier molecular flexibility index (Phi) is 4.09. The Labute approximate surface area is 137 Å². The average Bonchev–Trinajstić information content (AvgIpc) is 3.25. The largest absolute Gasteiger partial charge is 0.471 e. The minimum Gasteiger partial charge on any atom is -0.354 e. The molecule has 0 bridgehead atoms. The second-order valence-electron chi connectivity index (χ2n) is 4.64. The number of amides is 1. The number of alkyl halides is 3. The van der Waals surface area contributed by atoms with Crippen LogP contribution in [0.5, 0.6) is 0 Å². The molecule has 0 unspecified atom stereocenters. The summed E-state index contributed by atoms with van der Waals surface area (Å²) in [5.41, 5.74) is 0.381. The summed E-state index contributed by atoms with van der Waals surface area (Å²) in [6, 6.07) is 4.87. The number of nitrogens with zero attached hydrogens (tertiary/aromatic N) is 4. The molecule has 0 atom stereocenters. The van der Waals surface area contributed by atoms with E-state index in [1.54, 1.807) is 18.2 Å². The summed E-state index contributed by atoms with van der Waals surface area (Å²) in [4.78, 5) is 16.2. The van der Waals surface area contributed by atoms with Gasteiger partial charge in [0.05, 0.1) is 11.4 Å². The molecule has 3 aromatic rings. The molecule has 0 aliphatic heterocycles. The summed E-state index contributed by atoms with van der Waals surface area (Å²) in [5.74, 6) is -1.80. The predicted molar refractivity (Wildman–Crippen MR) is 77.3 cm³/mol. The molecule has 0 spiro atoms. The number of thiophene rings is 1. The summed E-state index contributed by atoms with van der Waals surface area (Å²) >= 11 is 1.19. The van der Waals surface area contributed by atoms with E-state index in [1.807, 2.05) is 0 Å². The first kappa shape index (κ1) is 16.2. The summed E-state index contributed by atoms with van der Waals surface area (Å²) < 4.78 is 43.2. The van der Waals surface area contributed by atoms with Crippen molar-refractivity contribution < 1.29 is 22.5 Å². The SMILES string of the molecule is CNC(=O)c1ccnn1Cc1ccc(-c2noc(C(F)(F)F)n2)s1. The fourth-order valence-corrected chi connectivity index (χ4v) is 2.86. The number of nitrogens with one attached hydrogen (secondary N) is 1. The van der Waals surface area contributed by atoms with Crippen LogP contribution >= 0.6 is 11.3 Å². The molecule has 3 heterocycles. The second-order valence-corrected chi connectivity index (χ2v) is 5.81. The third kappa shape index (κ3) is 3.15. The number of carbonyl (C=O) groups excluding carboxylic acids is 1. The van der Waals surface area contributed by atoms with E-state index in [0.717, 1.165) is 4.88 Å². The molecule has 7 nitrogen and oxygen atoms in total. The highest BCUT2D eigenvalue weighted by molar-refractivity contribution is 7.15. The van der Waals surface area contributed by atoms with Crippen molar-refractivity contribution in [3.8, 4) is 10.7 Å². The van der Waals surface area contributed by atoms with E-state index in [-0.39, 0.29) is 11.7 Å². The Morgan fingerprint density at radius 3 is 2.83 bits per heavy atom. The highest BCUT2D eigenvalue weighted by Crippen LogP contribution is 2.31. The fraction of sp³-hybridized carbons (Fsp3) is 0.231. The van der Waals surface area contributed by atoms with Crippen molar-refractivity contribution in [1.29, 1.82) is 0 Å². The molecule has 0 radical (unpaired) electrons. The Morgan fingerprint density at radius 2 is 2.17 bits per heavy atom. The third-order valence-corrected chi connectivity index (χ3v) is 4.10. The van der Waals surface area contributed by atoms with Crippen molar-refractivity contribution in [1.82, 2.24) is 25.2 Å². The zero-order valence-electron chi connectivity index (χ0n) is 12.2. The van der Waals surface area contributed by atoms with Gasteiger partial charge in [-0.15, -0.1) is 11.3 Å². The van der Waals surface area contributed by atoms with Crippen LogP contribution in [0.3, 0.4) is 0 Å². The average molecular weight is 357 g/mol. The van der Waals surface area contributed by atoms with E-state index in [4.69, 9.17) is 0 Å². The van der Waals surface area contributed by atoms with Gasteiger partial charge >= 0.3 is 12.1 Å². The van der Waals surface area contributed by atoms with Gasteiger partial charge in [0.2, 0.25) is 5.82 Å². The normalized spacial score (nSPS) is 11.7. The molecule has 24 heavy (non-hydrogen) atoms. The van der Waals surface area contributed by atoms with Crippen molar-refractivity contribution in [2.24, 2.45) is 0 Å². The number of aromatic nitrogens is 4. The Morgan fingerprint density at radius 1 is 1.38 bits per heavy atom. The monoisotopic (exact) mass is 357 g/mol. The van der Waals surface area contributed by atoms with Gasteiger partial charge in [0, 0.05) is 18.1 Å². The van der Waals surface area contributed by atoms with Crippen LogP contribution in [0.25, 0.3) is 10.7 Å². The highest BCUT2D eigenvalue weighted by Gasteiger charge is 2.38. The summed E-state index contributed by atoms with van der Waals surface area (Å²) in [6.07, 6.45) is -3.18. The topological polar surface area (TPSA) is 85.8 Å². The van der Waals surface area contributed by atoms with Gasteiger partial charge < -0.3 is 9.84 Å². The second kappa shape index (κ2) is 6.07. The molecule has 1 amide bonds. The molecule has 1 N–H and O–H groups in total. The molecule has 0 saturated heterocycles. The maximum Gasteiger partial charge on any atom is 0.471 e. The summed E-state index contributed by atoms with van der Waals surface area (Å²) in [5, 5.41) is 9.91. The Hall–Kier alpha value is -2.69. The fourth-order valence-electron chi connectivity index (χ4n) is 1.95. The molecular formula is C13H10F3N5O2S. The molecule has 0 aliphatic rings. The van der Waals surface area contributed by atoms with E-state index >= 15 is 0 Å². The third-order valence-electron chi connectivity index (χ3n) is 3.03. The molecule has 3 rings (SSSR count). The van der Waals surface area contributed by atoms with Crippen LogP contribution in [0, 0.1) is 0 Å². The molecule has 0 aliphatic carbocycles. The number of rotatable bonds is 4. The van der Waals surface area contributed by atoms with E-state index < -0.39 is 12.1 Å². The lowest BCUT2D eigenvalue weighted by Crippen LogP contribution is -2.22. The lowest BCUT2D eigenvalue weighted by molar-refractivity contribution is -0.159. The Balaban J connectivity index is 1.80. The van der Waals surface area contributed by atoms with Crippen LogP contribution in [-0.4, -0.2) is 32.9 Å². The van der Waals surface area contributed by atoms with Crippen molar-refractivity contribution in [3.05, 3.63) is 40.9 Å². The first-order valence-electron chi connectivity index (χ1n) is 6.62. The van der Waals surface area contributed by atoms with Crippen LogP contribution in [0.1, 0.15) is 21.3 Å². The molecule has 0 fully saturated rings. The minimum atomic E-state index is -4.68. The number of hydrogen-bond donors (Lipinski definition) is 1. The minimum absolute atomic E-state index is 0.134. The first-order chi connectivity index (χ1) is 11.4. The maximum atomic E-state index is 12.5. The van der Waals surface area contributed by atoms with Crippen LogP contribution < -0.4 is 5.32 Å². The highest BCUT2D eigenvalue weighted by atomic mass is 32.1. The van der Waals surface area contributed by atoms with Gasteiger partial charge in [-0.05, 0) is 18.2 Å². The van der Waals surface area contributed by atoms with Crippen LogP contribution in [0.4, 0.5) is 13.2 Å². The summed E-state index contributed by atoms with van der Waals surface area (Å²) in [6.45, 7) is 0.296. The zero-order valence-corrected chi connectivity index (χ0v) is 13.0. The van der Waals surface area contributed by atoms with E-state index in [0.29, 0.717) is 17.1 Å². The van der Waals surface area contributed by atoms with Gasteiger partial charge in [0.25, 0.3) is 5.91 Å². The van der Waals surface area contributed by atoms with Crippen molar-refractivity contribution in [2.75, 3.05) is 7.05 Å². The van der Waals surface area contributed by atoms with Crippen LogP contribution in [0.2, 0.25) is 0 Å². The van der Waals surface area contributed by atoms with E-state index in [1.165, 1.54) is 29.3 Å². The number of hydrogen-bond acceptors (Lipinski definition) is 6. The van der Waals surface area contributed by atoms with E-state index in [9.17, 15) is 18.0 Å². The molecule has 0 aromatic carbocycles.